The Bertz CT molecular complexity index is 540. The fraction of sp³-hybridized carbons (Fsp3) is 0.154. The van der Waals surface area contributed by atoms with Crippen molar-refractivity contribution in [3.05, 3.63) is 64.1 Å². The summed E-state index contributed by atoms with van der Waals surface area (Å²) in [5.41, 5.74) is 3.28. The summed E-state index contributed by atoms with van der Waals surface area (Å²) in [6.07, 6.45) is 1.79. The summed E-state index contributed by atoms with van der Waals surface area (Å²) in [4.78, 5) is 11.6. The van der Waals surface area contributed by atoms with E-state index >= 15 is 0 Å². The van der Waals surface area contributed by atoms with Crippen molar-refractivity contribution in [2.45, 2.75) is 13.8 Å². The molecule has 0 fully saturated rings. The van der Waals surface area contributed by atoms with Gasteiger partial charge in [-0.1, -0.05) is 23.8 Å². The van der Waals surface area contributed by atoms with E-state index in [0.29, 0.717) is 0 Å². The molecule has 0 saturated heterocycles. The van der Waals surface area contributed by atoms with Gasteiger partial charge in [0.15, 0.2) is 0 Å². The Morgan fingerprint density at radius 1 is 1.07 bits per heavy atom. The second-order valence-electron chi connectivity index (χ2n) is 3.70. The number of aryl methyl sites for hydroxylation is 2. The van der Waals surface area contributed by atoms with Crippen molar-refractivity contribution in [3.63, 3.8) is 0 Å². The average Bonchev–Trinajstić information content (AvgIpc) is 2.20. The minimum absolute atomic E-state index is 0.00412. The van der Waals surface area contributed by atoms with Crippen LogP contribution in [0.5, 0.6) is 0 Å². The summed E-state index contributed by atoms with van der Waals surface area (Å²) in [7, 11) is 0. The predicted octanol–water partition coefficient (Wildman–Crippen LogP) is 2.45. The smallest absolute Gasteiger partial charge is 0.255 e. The molecule has 2 nitrogen and oxygen atoms in total. The van der Waals surface area contributed by atoms with Gasteiger partial charge in [0.2, 0.25) is 0 Å². The Labute approximate surface area is 88.8 Å². The van der Waals surface area contributed by atoms with Crippen molar-refractivity contribution in [2.75, 3.05) is 0 Å². The summed E-state index contributed by atoms with van der Waals surface area (Å²) in [6.45, 7) is 4.06. The molecule has 0 aliphatic heterocycles. The molecular formula is C13H13NO. The number of aromatic nitrogens is 1. The van der Waals surface area contributed by atoms with Crippen LogP contribution in [0.4, 0.5) is 0 Å². The second kappa shape index (κ2) is 3.73. The van der Waals surface area contributed by atoms with Gasteiger partial charge in [-0.25, -0.2) is 0 Å². The van der Waals surface area contributed by atoms with Crippen molar-refractivity contribution in [3.8, 4) is 5.69 Å². The van der Waals surface area contributed by atoms with E-state index in [1.54, 1.807) is 22.9 Å². The lowest BCUT2D eigenvalue weighted by Crippen LogP contribution is -2.16. The maximum atomic E-state index is 11.6. The highest BCUT2D eigenvalue weighted by molar-refractivity contribution is 5.42. The van der Waals surface area contributed by atoms with E-state index in [2.05, 4.69) is 6.07 Å². The van der Waals surface area contributed by atoms with Crippen LogP contribution < -0.4 is 5.56 Å². The zero-order chi connectivity index (χ0) is 10.8. The fourth-order valence-corrected chi connectivity index (χ4v) is 1.70. The highest BCUT2D eigenvalue weighted by Crippen LogP contribution is 2.13. The Morgan fingerprint density at radius 2 is 1.87 bits per heavy atom. The first-order valence-electron chi connectivity index (χ1n) is 4.94. The molecule has 0 atom stereocenters. The van der Waals surface area contributed by atoms with Crippen LogP contribution in [0.15, 0.2) is 47.4 Å². The molecule has 1 aromatic carbocycles. The lowest BCUT2D eigenvalue weighted by molar-refractivity contribution is 0.976. The van der Waals surface area contributed by atoms with E-state index in [9.17, 15) is 4.79 Å². The summed E-state index contributed by atoms with van der Waals surface area (Å²) in [5, 5.41) is 0. The van der Waals surface area contributed by atoms with Gasteiger partial charge in [0.05, 0.1) is 5.69 Å². The molecule has 2 heteroatoms. The molecule has 0 aliphatic carbocycles. The highest BCUT2D eigenvalue weighted by Gasteiger charge is 2.01. The van der Waals surface area contributed by atoms with Crippen LogP contribution in [0.3, 0.4) is 0 Å². The van der Waals surface area contributed by atoms with E-state index in [1.165, 1.54) is 5.56 Å². The number of benzene rings is 1. The Morgan fingerprint density at radius 3 is 2.53 bits per heavy atom. The third-order valence-electron chi connectivity index (χ3n) is 2.43. The van der Waals surface area contributed by atoms with Gasteiger partial charge in [0.25, 0.3) is 5.56 Å². The van der Waals surface area contributed by atoms with Crippen molar-refractivity contribution in [1.29, 1.82) is 0 Å². The average molecular weight is 199 g/mol. The summed E-state index contributed by atoms with van der Waals surface area (Å²) < 4.78 is 1.66. The quantitative estimate of drug-likeness (QED) is 0.691. The normalized spacial score (nSPS) is 10.3. The zero-order valence-electron chi connectivity index (χ0n) is 8.90. The number of nitrogens with zero attached hydrogens (tertiary/aromatic N) is 1. The highest BCUT2D eigenvalue weighted by atomic mass is 16.1. The molecule has 1 aromatic heterocycles. The first-order valence-corrected chi connectivity index (χ1v) is 4.94. The molecule has 2 rings (SSSR count). The molecule has 0 aliphatic rings. The topological polar surface area (TPSA) is 22.0 Å². The molecular weight excluding hydrogens is 186 g/mol. The zero-order valence-corrected chi connectivity index (χ0v) is 8.90. The Kier molecular flexibility index (Phi) is 2.42. The van der Waals surface area contributed by atoms with Crippen LogP contribution in [0.25, 0.3) is 5.69 Å². The van der Waals surface area contributed by atoms with Crippen LogP contribution in [0.2, 0.25) is 0 Å². The van der Waals surface area contributed by atoms with Gasteiger partial charge < -0.3 is 0 Å². The standard InChI is InChI=1S/C13H13NO/c1-10-6-7-12(11(2)9-10)14-8-4-3-5-13(14)15/h3-9H,1-2H3. The van der Waals surface area contributed by atoms with E-state index in [4.69, 9.17) is 0 Å². The van der Waals surface area contributed by atoms with E-state index < -0.39 is 0 Å². The first-order chi connectivity index (χ1) is 7.18. The summed E-state index contributed by atoms with van der Waals surface area (Å²) in [5.74, 6) is 0. The van der Waals surface area contributed by atoms with Gasteiger partial charge in [-0.05, 0) is 31.5 Å². The maximum Gasteiger partial charge on any atom is 0.255 e. The molecule has 0 bridgehead atoms. The number of pyridine rings is 1. The van der Waals surface area contributed by atoms with Gasteiger partial charge >= 0.3 is 0 Å². The van der Waals surface area contributed by atoms with Crippen molar-refractivity contribution in [1.82, 2.24) is 4.57 Å². The largest absolute Gasteiger partial charge is 0.284 e. The van der Waals surface area contributed by atoms with E-state index in [-0.39, 0.29) is 5.56 Å². The summed E-state index contributed by atoms with van der Waals surface area (Å²) >= 11 is 0. The van der Waals surface area contributed by atoms with Crippen molar-refractivity contribution >= 4 is 0 Å². The second-order valence-corrected chi connectivity index (χ2v) is 3.70. The van der Waals surface area contributed by atoms with Gasteiger partial charge in [0.1, 0.15) is 0 Å². The molecule has 0 N–H and O–H groups in total. The summed E-state index contributed by atoms with van der Waals surface area (Å²) in [6, 6.07) is 11.3. The van der Waals surface area contributed by atoms with E-state index in [1.807, 2.05) is 32.0 Å². The minimum atomic E-state index is 0.00412. The van der Waals surface area contributed by atoms with Gasteiger partial charge in [-0.2, -0.15) is 0 Å². The first kappa shape index (κ1) is 9.71. The lowest BCUT2D eigenvalue weighted by Gasteiger charge is -2.08. The lowest BCUT2D eigenvalue weighted by atomic mass is 10.1. The molecule has 0 unspecified atom stereocenters. The van der Waals surface area contributed by atoms with Gasteiger partial charge in [0, 0.05) is 12.3 Å². The van der Waals surface area contributed by atoms with Crippen LogP contribution in [-0.4, -0.2) is 4.57 Å². The monoisotopic (exact) mass is 199 g/mol. The van der Waals surface area contributed by atoms with Crippen molar-refractivity contribution in [2.24, 2.45) is 0 Å². The SMILES string of the molecule is Cc1ccc(-n2ccccc2=O)c(C)c1. The van der Waals surface area contributed by atoms with Crippen LogP contribution in [-0.2, 0) is 0 Å². The molecule has 0 spiro atoms. The fourth-order valence-electron chi connectivity index (χ4n) is 1.70. The van der Waals surface area contributed by atoms with Crippen LogP contribution in [0, 0.1) is 13.8 Å². The molecule has 0 radical (unpaired) electrons. The molecule has 1 heterocycles. The number of hydrogen-bond acceptors (Lipinski definition) is 1. The minimum Gasteiger partial charge on any atom is -0.284 e. The van der Waals surface area contributed by atoms with E-state index in [0.717, 1.165) is 11.3 Å². The molecule has 15 heavy (non-hydrogen) atoms. The molecule has 2 aromatic rings. The molecule has 76 valence electrons. The van der Waals surface area contributed by atoms with Gasteiger partial charge in [-0.15, -0.1) is 0 Å². The van der Waals surface area contributed by atoms with Crippen molar-refractivity contribution < 1.29 is 0 Å². The maximum absolute atomic E-state index is 11.6. The number of rotatable bonds is 1. The third kappa shape index (κ3) is 1.84. The molecule has 0 saturated carbocycles. The van der Waals surface area contributed by atoms with Gasteiger partial charge in [-0.3, -0.25) is 9.36 Å². The van der Waals surface area contributed by atoms with Crippen LogP contribution in [0.1, 0.15) is 11.1 Å². The Hall–Kier alpha value is -1.83. The number of hydrogen-bond donors (Lipinski definition) is 0. The Balaban J connectivity index is 2.65. The van der Waals surface area contributed by atoms with Crippen LogP contribution >= 0.6 is 0 Å². The predicted molar refractivity (Wildman–Crippen MR) is 61.5 cm³/mol. The molecule has 0 amide bonds. The third-order valence-corrected chi connectivity index (χ3v) is 2.43.